The van der Waals surface area contributed by atoms with Crippen LogP contribution in [-0.2, 0) is 6.42 Å². The van der Waals surface area contributed by atoms with Crippen LogP contribution < -0.4 is 5.73 Å². The van der Waals surface area contributed by atoms with E-state index in [1.807, 2.05) is 0 Å². The molecule has 0 amide bonds. The molecule has 0 aliphatic rings. The maximum Gasteiger partial charge on any atom is 0.200 e. The number of phenolic OH excluding ortho intramolecular Hbond substituents is 3. The second kappa shape index (κ2) is 3.32. The fourth-order valence-corrected chi connectivity index (χ4v) is 0.968. The van der Waals surface area contributed by atoms with Crippen molar-refractivity contribution in [1.29, 1.82) is 0 Å². The molecule has 0 spiro atoms. The SMILES string of the molecule is NCCc1ccc(O)c(O)c1O. The van der Waals surface area contributed by atoms with E-state index in [0.29, 0.717) is 18.5 Å². The summed E-state index contributed by atoms with van der Waals surface area (Å²) >= 11 is 0. The highest BCUT2D eigenvalue weighted by Crippen LogP contribution is 2.36. The summed E-state index contributed by atoms with van der Waals surface area (Å²) in [5.74, 6) is -1.10. The number of nitrogens with two attached hydrogens (primary N) is 1. The van der Waals surface area contributed by atoms with E-state index >= 15 is 0 Å². The van der Waals surface area contributed by atoms with Gasteiger partial charge in [0.2, 0.25) is 5.75 Å². The lowest BCUT2D eigenvalue weighted by Gasteiger charge is -2.05. The highest BCUT2D eigenvalue weighted by Gasteiger charge is 2.09. The molecule has 0 atom stereocenters. The maximum atomic E-state index is 9.24. The van der Waals surface area contributed by atoms with Crippen LogP contribution in [0.3, 0.4) is 0 Å². The van der Waals surface area contributed by atoms with Gasteiger partial charge in [-0.1, -0.05) is 6.07 Å². The first-order valence-electron chi connectivity index (χ1n) is 3.59. The van der Waals surface area contributed by atoms with Crippen LogP contribution in [0.2, 0.25) is 0 Å². The van der Waals surface area contributed by atoms with Crippen LogP contribution >= 0.6 is 0 Å². The van der Waals surface area contributed by atoms with Crippen molar-refractivity contribution in [2.75, 3.05) is 6.54 Å². The Kier molecular flexibility index (Phi) is 2.40. The van der Waals surface area contributed by atoms with E-state index in [0.717, 1.165) is 0 Å². The molecule has 1 aromatic carbocycles. The summed E-state index contributed by atoms with van der Waals surface area (Å²) in [5, 5.41) is 27.3. The Morgan fingerprint density at radius 3 is 2.33 bits per heavy atom. The molecule has 12 heavy (non-hydrogen) atoms. The summed E-state index contributed by atoms with van der Waals surface area (Å²) in [7, 11) is 0. The second-order valence-electron chi connectivity index (χ2n) is 2.48. The summed E-state index contributed by atoms with van der Waals surface area (Å²) < 4.78 is 0. The molecule has 0 saturated carbocycles. The van der Waals surface area contributed by atoms with E-state index in [2.05, 4.69) is 0 Å². The zero-order valence-electron chi connectivity index (χ0n) is 6.49. The molecule has 0 aromatic heterocycles. The lowest BCUT2D eigenvalue weighted by atomic mass is 10.1. The van der Waals surface area contributed by atoms with Crippen molar-refractivity contribution >= 4 is 0 Å². The topological polar surface area (TPSA) is 86.7 Å². The van der Waals surface area contributed by atoms with Crippen molar-refractivity contribution in [1.82, 2.24) is 0 Å². The van der Waals surface area contributed by atoms with Crippen molar-refractivity contribution in [3.05, 3.63) is 17.7 Å². The van der Waals surface area contributed by atoms with Crippen LogP contribution in [0.4, 0.5) is 0 Å². The van der Waals surface area contributed by atoms with Crippen LogP contribution in [0.25, 0.3) is 0 Å². The van der Waals surface area contributed by atoms with Gasteiger partial charge in [0, 0.05) is 0 Å². The number of hydrogen-bond donors (Lipinski definition) is 4. The normalized spacial score (nSPS) is 10.1. The average molecular weight is 169 g/mol. The summed E-state index contributed by atoms with van der Waals surface area (Å²) in [5.41, 5.74) is 5.80. The van der Waals surface area contributed by atoms with Crippen LogP contribution in [-0.4, -0.2) is 21.9 Å². The van der Waals surface area contributed by atoms with E-state index in [1.165, 1.54) is 12.1 Å². The van der Waals surface area contributed by atoms with E-state index in [4.69, 9.17) is 15.9 Å². The Morgan fingerprint density at radius 2 is 1.75 bits per heavy atom. The molecular formula is C8H11NO3. The molecule has 0 aliphatic carbocycles. The smallest absolute Gasteiger partial charge is 0.200 e. The maximum absolute atomic E-state index is 9.24. The van der Waals surface area contributed by atoms with Crippen molar-refractivity contribution < 1.29 is 15.3 Å². The summed E-state index contributed by atoms with van der Waals surface area (Å²) in [6, 6.07) is 2.84. The third kappa shape index (κ3) is 1.43. The largest absolute Gasteiger partial charge is 0.504 e. The summed E-state index contributed by atoms with van der Waals surface area (Å²) in [6.07, 6.45) is 0.472. The van der Waals surface area contributed by atoms with Crippen LogP contribution in [0.5, 0.6) is 17.2 Å². The van der Waals surface area contributed by atoms with E-state index in [9.17, 15) is 5.11 Å². The molecule has 0 fully saturated rings. The van der Waals surface area contributed by atoms with Crippen LogP contribution in [0.15, 0.2) is 12.1 Å². The highest BCUT2D eigenvalue weighted by atomic mass is 16.3. The third-order valence-electron chi connectivity index (χ3n) is 1.63. The molecule has 0 unspecified atom stereocenters. The minimum Gasteiger partial charge on any atom is -0.504 e. The molecule has 1 aromatic rings. The van der Waals surface area contributed by atoms with Crippen molar-refractivity contribution in [2.45, 2.75) is 6.42 Å². The Bertz CT molecular complexity index is 286. The Balaban J connectivity index is 3.08. The second-order valence-corrected chi connectivity index (χ2v) is 2.48. The van der Waals surface area contributed by atoms with Gasteiger partial charge in [0.25, 0.3) is 0 Å². The number of aromatic hydroxyl groups is 3. The van der Waals surface area contributed by atoms with Crippen LogP contribution in [0.1, 0.15) is 5.56 Å². The molecule has 0 aliphatic heterocycles. The minimum atomic E-state index is -0.485. The Hall–Kier alpha value is -1.42. The number of phenols is 3. The standard InChI is InChI=1S/C8H11NO3/c9-4-3-5-1-2-6(10)8(12)7(5)11/h1-2,10-12H,3-4,9H2. The van der Waals surface area contributed by atoms with E-state index in [-0.39, 0.29) is 11.5 Å². The van der Waals surface area contributed by atoms with E-state index in [1.54, 1.807) is 0 Å². The van der Waals surface area contributed by atoms with Gasteiger partial charge in [-0.15, -0.1) is 0 Å². The molecule has 0 heterocycles. The zero-order valence-corrected chi connectivity index (χ0v) is 6.49. The monoisotopic (exact) mass is 169 g/mol. The van der Waals surface area contributed by atoms with Gasteiger partial charge in [-0.25, -0.2) is 0 Å². The van der Waals surface area contributed by atoms with Gasteiger partial charge in [-0.05, 0) is 24.6 Å². The third-order valence-corrected chi connectivity index (χ3v) is 1.63. The fraction of sp³-hybridized carbons (Fsp3) is 0.250. The van der Waals surface area contributed by atoms with Gasteiger partial charge >= 0.3 is 0 Å². The Morgan fingerprint density at radius 1 is 1.08 bits per heavy atom. The predicted molar refractivity (Wildman–Crippen MR) is 44.2 cm³/mol. The lowest BCUT2D eigenvalue weighted by molar-refractivity contribution is 0.365. The quantitative estimate of drug-likeness (QED) is 0.480. The van der Waals surface area contributed by atoms with Crippen molar-refractivity contribution in [2.24, 2.45) is 5.73 Å². The Labute approximate surface area is 69.9 Å². The van der Waals surface area contributed by atoms with Gasteiger partial charge in [0.15, 0.2) is 11.5 Å². The van der Waals surface area contributed by atoms with Crippen molar-refractivity contribution in [3.63, 3.8) is 0 Å². The van der Waals surface area contributed by atoms with Gasteiger partial charge in [-0.3, -0.25) is 0 Å². The number of rotatable bonds is 2. The van der Waals surface area contributed by atoms with Crippen LogP contribution in [0, 0.1) is 0 Å². The van der Waals surface area contributed by atoms with Gasteiger partial charge < -0.3 is 21.1 Å². The molecule has 1 rings (SSSR count). The molecule has 0 bridgehead atoms. The lowest BCUT2D eigenvalue weighted by Crippen LogP contribution is -2.02. The first-order chi connectivity index (χ1) is 5.66. The van der Waals surface area contributed by atoms with Gasteiger partial charge in [0.1, 0.15) is 0 Å². The molecule has 66 valence electrons. The number of benzene rings is 1. The number of hydrogen-bond acceptors (Lipinski definition) is 4. The molecule has 0 radical (unpaired) electrons. The summed E-state index contributed by atoms with van der Waals surface area (Å²) in [4.78, 5) is 0. The summed E-state index contributed by atoms with van der Waals surface area (Å²) in [6.45, 7) is 0.387. The first kappa shape index (κ1) is 8.67. The minimum absolute atomic E-state index is 0.291. The molecule has 5 N–H and O–H groups in total. The van der Waals surface area contributed by atoms with E-state index < -0.39 is 5.75 Å². The molecule has 4 nitrogen and oxygen atoms in total. The highest BCUT2D eigenvalue weighted by molar-refractivity contribution is 5.53. The van der Waals surface area contributed by atoms with Gasteiger partial charge in [0.05, 0.1) is 0 Å². The molecule has 4 heteroatoms. The first-order valence-corrected chi connectivity index (χ1v) is 3.59. The molecular weight excluding hydrogens is 158 g/mol. The average Bonchev–Trinajstić information content (AvgIpc) is 2.07. The van der Waals surface area contributed by atoms with Crippen molar-refractivity contribution in [3.8, 4) is 17.2 Å². The zero-order chi connectivity index (χ0) is 9.14. The predicted octanol–water partition coefficient (Wildman–Crippen LogP) is 0.305. The molecule has 0 saturated heterocycles. The fourth-order valence-electron chi connectivity index (χ4n) is 0.968. The van der Waals surface area contributed by atoms with Gasteiger partial charge in [-0.2, -0.15) is 0 Å².